The van der Waals surface area contributed by atoms with E-state index in [9.17, 15) is 18.4 Å². The van der Waals surface area contributed by atoms with Gasteiger partial charge in [0.15, 0.2) is 0 Å². The summed E-state index contributed by atoms with van der Waals surface area (Å²) in [5, 5.41) is 16.3. The molecule has 0 aliphatic carbocycles. The predicted molar refractivity (Wildman–Crippen MR) is 52.9 cm³/mol. The molecule has 0 aromatic carbocycles. The number of nitrogens with one attached hydrogen (secondary N) is 2. The van der Waals surface area contributed by atoms with Crippen molar-refractivity contribution in [1.29, 1.82) is 0 Å². The third kappa shape index (κ3) is 4.91. The number of aromatic nitrogens is 2. The second-order valence-electron chi connectivity index (χ2n) is 3.05. The van der Waals surface area contributed by atoms with Crippen LogP contribution in [-0.2, 0) is 11.3 Å². The van der Waals surface area contributed by atoms with Gasteiger partial charge in [0.2, 0.25) is 0 Å². The maximum Gasteiger partial charge on any atom is 0.325 e. The molecule has 1 heterocycles. The maximum absolute atomic E-state index is 11.8. The van der Waals surface area contributed by atoms with Crippen LogP contribution in [0.5, 0.6) is 0 Å². The Kier molecular flexibility index (Phi) is 4.37. The number of carboxylic acid groups (broad SMARTS) is 1. The summed E-state index contributed by atoms with van der Waals surface area (Å²) in [5.41, 5.74) is 0.220. The van der Waals surface area contributed by atoms with Crippen LogP contribution >= 0.6 is 0 Å². The summed E-state index contributed by atoms with van der Waals surface area (Å²) in [6.07, 6.45) is -0.142. The second kappa shape index (κ2) is 5.77. The first kappa shape index (κ1) is 12.9. The average Bonchev–Trinajstić information content (AvgIpc) is 2.61. The molecule has 0 saturated carbocycles. The van der Waals surface area contributed by atoms with E-state index >= 15 is 0 Å². The van der Waals surface area contributed by atoms with Gasteiger partial charge in [-0.15, -0.1) is 0 Å². The first-order chi connectivity index (χ1) is 7.97. The van der Waals surface area contributed by atoms with E-state index in [1.54, 1.807) is 0 Å². The van der Waals surface area contributed by atoms with Crippen molar-refractivity contribution in [3.63, 3.8) is 0 Å². The lowest BCUT2D eigenvalue weighted by Crippen LogP contribution is -2.32. The summed E-state index contributed by atoms with van der Waals surface area (Å²) < 4.78 is 24.6. The van der Waals surface area contributed by atoms with E-state index in [4.69, 9.17) is 5.11 Å². The molecule has 0 unspecified atom stereocenters. The highest BCUT2D eigenvalue weighted by Crippen LogP contribution is 2.04. The van der Waals surface area contributed by atoms with Gasteiger partial charge in [-0.2, -0.15) is 5.10 Å². The standard InChI is InChI=1S/C8H10F2N4O3/c9-6(10)2-11-8(17)13-5-1-12-14(3-5)4-7(15)16/h1,3,6H,2,4H2,(H,15,16)(H2,11,13,17). The number of carbonyl (C=O) groups excluding carboxylic acids is 1. The fraction of sp³-hybridized carbons (Fsp3) is 0.375. The Labute approximate surface area is 94.4 Å². The highest BCUT2D eigenvalue weighted by atomic mass is 19.3. The Balaban J connectivity index is 2.43. The lowest BCUT2D eigenvalue weighted by molar-refractivity contribution is -0.137. The van der Waals surface area contributed by atoms with Crippen LogP contribution in [0.2, 0.25) is 0 Å². The van der Waals surface area contributed by atoms with E-state index in [0.29, 0.717) is 0 Å². The molecule has 0 spiro atoms. The fourth-order valence-electron chi connectivity index (χ4n) is 0.998. The molecule has 1 rings (SSSR count). The third-order valence-electron chi connectivity index (χ3n) is 1.61. The highest BCUT2D eigenvalue weighted by Gasteiger charge is 2.08. The van der Waals surface area contributed by atoms with Gasteiger partial charge >= 0.3 is 12.0 Å². The van der Waals surface area contributed by atoms with E-state index in [2.05, 4.69) is 10.4 Å². The zero-order valence-corrected chi connectivity index (χ0v) is 8.56. The minimum absolute atomic E-state index is 0.220. The minimum Gasteiger partial charge on any atom is -0.480 e. The number of urea groups is 1. The molecule has 94 valence electrons. The Hall–Kier alpha value is -2.19. The summed E-state index contributed by atoms with van der Waals surface area (Å²) in [7, 11) is 0. The monoisotopic (exact) mass is 248 g/mol. The number of halogens is 2. The summed E-state index contributed by atoms with van der Waals surface area (Å²) in [4.78, 5) is 21.4. The number of hydrogen-bond donors (Lipinski definition) is 3. The first-order valence-electron chi connectivity index (χ1n) is 4.54. The molecular weight excluding hydrogens is 238 g/mol. The van der Waals surface area contributed by atoms with Crippen molar-refractivity contribution in [1.82, 2.24) is 15.1 Å². The number of hydrogen-bond acceptors (Lipinski definition) is 3. The Bertz CT molecular complexity index is 407. The van der Waals surface area contributed by atoms with Crippen LogP contribution in [0.25, 0.3) is 0 Å². The van der Waals surface area contributed by atoms with Crippen LogP contribution in [0.4, 0.5) is 19.3 Å². The number of alkyl halides is 2. The normalized spacial score (nSPS) is 10.3. The van der Waals surface area contributed by atoms with Crippen LogP contribution in [0, 0.1) is 0 Å². The molecule has 0 radical (unpaired) electrons. The van der Waals surface area contributed by atoms with Gasteiger partial charge in [-0.25, -0.2) is 13.6 Å². The van der Waals surface area contributed by atoms with Crippen molar-refractivity contribution in [2.45, 2.75) is 13.0 Å². The molecule has 7 nitrogen and oxygen atoms in total. The zero-order chi connectivity index (χ0) is 12.8. The summed E-state index contributed by atoms with van der Waals surface area (Å²) in [5.74, 6) is -1.08. The minimum atomic E-state index is -2.63. The number of carbonyl (C=O) groups is 2. The third-order valence-corrected chi connectivity index (χ3v) is 1.61. The van der Waals surface area contributed by atoms with E-state index in [-0.39, 0.29) is 12.2 Å². The number of nitrogens with zero attached hydrogens (tertiary/aromatic N) is 2. The van der Waals surface area contributed by atoms with Crippen LogP contribution in [-0.4, -0.2) is 39.9 Å². The number of amides is 2. The van der Waals surface area contributed by atoms with E-state index in [1.165, 1.54) is 12.4 Å². The van der Waals surface area contributed by atoms with Crippen LogP contribution in [0.1, 0.15) is 0 Å². The molecule has 0 saturated heterocycles. The van der Waals surface area contributed by atoms with Crippen molar-refractivity contribution in [3.8, 4) is 0 Å². The van der Waals surface area contributed by atoms with E-state index in [0.717, 1.165) is 4.68 Å². The number of anilines is 1. The van der Waals surface area contributed by atoms with Gasteiger partial charge in [0.25, 0.3) is 6.43 Å². The zero-order valence-electron chi connectivity index (χ0n) is 8.56. The van der Waals surface area contributed by atoms with Gasteiger partial charge in [0.05, 0.1) is 18.4 Å². The van der Waals surface area contributed by atoms with Gasteiger partial charge in [0, 0.05) is 6.20 Å². The van der Waals surface area contributed by atoms with Gasteiger partial charge < -0.3 is 15.7 Å². The lowest BCUT2D eigenvalue weighted by Gasteiger charge is -2.04. The molecule has 17 heavy (non-hydrogen) atoms. The van der Waals surface area contributed by atoms with Crippen molar-refractivity contribution in [3.05, 3.63) is 12.4 Å². The molecule has 0 aliphatic rings. The molecular formula is C8H10F2N4O3. The van der Waals surface area contributed by atoms with Gasteiger partial charge in [-0.1, -0.05) is 0 Å². The smallest absolute Gasteiger partial charge is 0.325 e. The summed E-state index contributed by atoms with van der Waals surface area (Å²) >= 11 is 0. The molecule has 1 aromatic heterocycles. The van der Waals surface area contributed by atoms with Gasteiger partial charge in [0.1, 0.15) is 6.54 Å². The summed E-state index contributed by atoms with van der Waals surface area (Å²) in [6.45, 7) is -1.10. The van der Waals surface area contributed by atoms with E-state index in [1.807, 2.05) is 5.32 Å². The van der Waals surface area contributed by atoms with Crippen molar-refractivity contribution in [2.24, 2.45) is 0 Å². The van der Waals surface area contributed by atoms with Gasteiger partial charge in [-0.3, -0.25) is 9.48 Å². The first-order valence-corrected chi connectivity index (χ1v) is 4.54. The largest absolute Gasteiger partial charge is 0.480 e. The Morgan fingerprint density at radius 2 is 2.24 bits per heavy atom. The number of carboxylic acids is 1. The average molecular weight is 248 g/mol. The molecule has 2 amide bonds. The van der Waals surface area contributed by atoms with Crippen LogP contribution < -0.4 is 10.6 Å². The van der Waals surface area contributed by atoms with Crippen molar-refractivity contribution < 1.29 is 23.5 Å². The molecule has 9 heteroatoms. The SMILES string of the molecule is O=C(O)Cn1cc(NC(=O)NCC(F)F)cn1. The number of rotatable bonds is 5. The van der Waals surface area contributed by atoms with Crippen molar-refractivity contribution >= 4 is 17.7 Å². The van der Waals surface area contributed by atoms with Gasteiger partial charge in [-0.05, 0) is 0 Å². The van der Waals surface area contributed by atoms with E-state index < -0.39 is 25.0 Å². The lowest BCUT2D eigenvalue weighted by atomic mass is 10.5. The second-order valence-corrected chi connectivity index (χ2v) is 3.05. The fourth-order valence-corrected chi connectivity index (χ4v) is 0.998. The van der Waals surface area contributed by atoms with Crippen LogP contribution in [0.3, 0.4) is 0 Å². The molecule has 1 aromatic rings. The maximum atomic E-state index is 11.8. The predicted octanol–water partition coefficient (Wildman–Crippen LogP) is 0.354. The molecule has 0 aliphatic heterocycles. The molecule has 0 atom stereocenters. The molecule has 0 fully saturated rings. The summed E-state index contributed by atoms with van der Waals surface area (Å²) in [6, 6.07) is -0.805. The number of aliphatic carboxylic acids is 1. The van der Waals surface area contributed by atoms with Crippen molar-refractivity contribution in [2.75, 3.05) is 11.9 Å². The highest BCUT2D eigenvalue weighted by molar-refractivity contribution is 5.88. The van der Waals surface area contributed by atoms with Crippen LogP contribution in [0.15, 0.2) is 12.4 Å². The molecule has 3 N–H and O–H groups in total. The Morgan fingerprint density at radius 1 is 1.53 bits per heavy atom. The quantitative estimate of drug-likeness (QED) is 0.700. The Morgan fingerprint density at radius 3 is 2.82 bits per heavy atom. The molecule has 0 bridgehead atoms. The topological polar surface area (TPSA) is 96.2 Å².